The van der Waals surface area contributed by atoms with E-state index in [4.69, 9.17) is 9.26 Å². The fraction of sp³-hybridized carbons (Fsp3) is 0.136. The predicted octanol–water partition coefficient (Wildman–Crippen LogP) is 5.33. The molecule has 7 heteroatoms. The Kier molecular flexibility index (Phi) is 5.38. The summed E-state index contributed by atoms with van der Waals surface area (Å²) in [4.78, 5) is 9.32. The molecule has 0 unspecified atom stereocenters. The summed E-state index contributed by atoms with van der Waals surface area (Å²) in [5, 5.41) is 10.5. The van der Waals surface area contributed by atoms with Crippen LogP contribution in [-0.4, -0.2) is 21.7 Å². The molecule has 2 aromatic heterocycles. The third-order valence-electron chi connectivity index (χ3n) is 4.09. The van der Waals surface area contributed by atoms with E-state index >= 15 is 0 Å². The second-order valence-electron chi connectivity index (χ2n) is 6.33. The molecule has 4 aromatic rings. The van der Waals surface area contributed by atoms with Crippen molar-refractivity contribution in [2.45, 2.75) is 13.8 Å². The van der Waals surface area contributed by atoms with Gasteiger partial charge in [0.15, 0.2) is 11.6 Å². The number of para-hydroxylation sites is 2. The third-order valence-corrected chi connectivity index (χ3v) is 4.09. The van der Waals surface area contributed by atoms with Gasteiger partial charge in [0.2, 0.25) is 0 Å². The zero-order chi connectivity index (χ0) is 20.1. The minimum Gasteiger partial charge on any atom is -0.492 e. The number of nitrogens with zero attached hydrogens (tertiary/aromatic N) is 3. The third kappa shape index (κ3) is 4.52. The van der Waals surface area contributed by atoms with Gasteiger partial charge in [0, 0.05) is 17.7 Å². The average molecular weight is 387 g/mol. The molecule has 2 aromatic carbocycles. The summed E-state index contributed by atoms with van der Waals surface area (Å²) in [6.45, 7) is 4.37. The lowest BCUT2D eigenvalue weighted by molar-refractivity contribution is 0.342. The molecule has 0 atom stereocenters. The molecule has 0 fully saturated rings. The first kappa shape index (κ1) is 18.5. The van der Waals surface area contributed by atoms with Crippen LogP contribution in [0.1, 0.15) is 12.7 Å². The number of anilines is 4. The summed E-state index contributed by atoms with van der Waals surface area (Å²) < 4.78 is 10.8. The van der Waals surface area contributed by atoms with Crippen molar-refractivity contribution < 1.29 is 9.26 Å². The van der Waals surface area contributed by atoms with Crippen LogP contribution in [0, 0.1) is 6.92 Å². The fourth-order valence-corrected chi connectivity index (χ4v) is 2.84. The maximum absolute atomic E-state index is 5.71. The van der Waals surface area contributed by atoms with Crippen molar-refractivity contribution in [1.29, 1.82) is 0 Å². The van der Waals surface area contributed by atoms with Crippen LogP contribution in [0.3, 0.4) is 0 Å². The largest absolute Gasteiger partial charge is 0.492 e. The van der Waals surface area contributed by atoms with Gasteiger partial charge in [-0.1, -0.05) is 47.6 Å². The molecule has 2 N–H and O–H groups in total. The second-order valence-corrected chi connectivity index (χ2v) is 6.33. The molecule has 0 aliphatic heterocycles. The van der Waals surface area contributed by atoms with Crippen molar-refractivity contribution in [3.05, 3.63) is 72.5 Å². The SMILES string of the molecule is CCOc1ccccc1Nc1cc(Nc2cc(C)on2)nc(-c2ccccc2)n1. The molecule has 0 spiro atoms. The summed E-state index contributed by atoms with van der Waals surface area (Å²) in [6, 6.07) is 21.2. The van der Waals surface area contributed by atoms with E-state index in [0.29, 0.717) is 35.6 Å². The van der Waals surface area contributed by atoms with Crippen LogP contribution in [0.4, 0.5) is 23.1 Å². The summed E-state index contributed by atoms with van der Waals surface area (Å²) in [5.41, 5.74) is 1.74. The molecule has 0 amide bonds. The zero-order valence-electron chi connectivity index (χ0n) is 16.2. The highest BCUT2D eigenvalue weighted by Gasteiger charge is 2.11. The lowest BCUT2D eigenvalue weighted by Gasteiger charge is -2.13. The van der Waals surface area contributed by atoms with E-state index < -0.39 is 0 Å². The van der Waals surface area contributed by atoms with E-state index in [1.165, 1.54) is 0 Å². The molecule has 29 heavy (non-hydrogen) atoms. The van der Waals surface area contributed by atoms with Gasteiger partial charge in [-0.15, -0.1) is 0 Å². The zero-order valence-corrected chi connectivity index (χ0v) is 16.2. The highest BCUT2D eigenvalue weighted by atomic mass is 16.5. The van der Waals surface area contributed by atoms with Crippen LogP contribution in [0.5, 0.6) is 5.75 Å². The van der Waals surface area contributed by atoms with Crippen molar-refractivity contribution >= 4 is 23.1 Å². The monoisotopic (exact) mass is 387 g/mol. The molecule has 0 radical (unpaired) electrons. The maximum atomic E-state index is 5.71. The highest BCUT2D eigenvalue weighted by molar-refractivity contribution is 5.69. The number of ether oxygens (including phenoxy) is 1. The van der Waals surface area contributed by atoms with Crippen molar-refractivity contribution in [1.82, 2.24) is 15.1 Å². The summed E-state index contributed by atoms with van der Waals surface area (Å²) in [6.07, 6.45) is 0. The van der Waals surface area contributed by atoms with Gasteiger partial charge >= 0.3 is 0 Å². The molecule has 0 saturated carbocycles. The number of aryl methyl sites for hydroxylation is 1. The molecule has 0 aliphatic carbocycles. The normalized spacial score (nSPS) is 10.6. The van der Waals surface area contributed by atoms with Crippen LogP contribution >= 0.6 is 0 Å². The van der Waals surface area contributed by atoms with Gasteiger partial charge in [-0.05, 0) is 26.0 Å². The van der Waals surface area contributed by atoms with E-state index in [1.807, 2.05) is 80.6 Å². The minimum atomic E-state index is 0.579. The summed E-state index contributed by atoms with van der Waals surface area (Å²) >= 11 is 0. The number of benzene rings is 2. The Bertz CT molecular complexity index is 1100. The number of rotatable bonds is 7. The van der Waals surface area contributed by atoms with Crippen LogP contribution in [0.15, 0.2) is 71.3 Å². The Hall–Kier alpha value is -3.87. The van der Waals surface area contributed by atoms with Crippen LogP contribution in [0.25, 0.3) is 11.4 Å². The molecule has 2 heterocycles. The maximum Gasteiger partial charge on any atom is 0.175 e. The first-order valence-corrected chi connectivity index (χ1v) is 9.35. The molecule has 0 aliphatic rings. The van der Waals surface area contributed by atoms with E-state index in [9.17, 15) is 0 Å². The number of aromatic nitrogens is 3. The van der Waals surface area contributed by atoms with Crippen LogP contribution < -0.4 is 15.4 Å². The summed E-state index contributed by atoms with van der Waals surface area (Å²) in [7, 11) is 0. The molecule has 146 valence electrons. The van der Waals surface area contributed by atoms with Gasteiger partial charge < -0.3 is 19.9 Å². The van der Waals surface area contributed by atoms with Crippen molar-refractivity contribution in [2.24, 2.45) is 0 Å². The topological polar surface area (TPSA) is 85.1 Å². The Morgan fingerprint density at radius 3 is 2.31 bits per heavy atom. The van der Waals surface area contributed by atoms with Crippen molar-refractivity contribution in [2.75, 3.05) is 17.2 Å². The van der Waals surface area contributed by atoms with Crippen LogP contribution in [-0.2, 0) is 0 Å². The molecule has 4 rings (SSSR count). The lowest BCUT2D eigenvalue weighted by Crippen LogP contribution is -2.03. The Morgan fingerprint density at radius 2 is 1.59 bits per heavy atom. The van der Waals surface area contributed by atoms with Gasteiger partial charge in [-0.3, -0.25) is 0 Å². The number of nitrogens with one attached hydrogen (secondary N) is 2. The quantitative estimate of drug-likeness (QED) is 0.443. The van der Waals surface area contributed by atoms with E-state index in [0.717, 1.165) is 17.0 Å². The minimum absolute atomic E-state index is 0.579. The Morgan fingerprint density at radius 1 is 0.862 bits per heavy atom. The Labute approximate surface area is 168 Å². The molecule has 0 bridgehead atoms. The smallest absolute Gasteiger partial charge is 0.175 e. The fourth-order valence-electron chi connectivity index (χ4n) is 2.84. The number of hydrogen-bond acceptors (Lipinski definition) is 7. The van der Waals surface area contributed by atoms with E-state index in [-0.39, 0.29) is 0 Å². The second kappa shape index (κ2) is 8.43. The first-order valence-electron chi connectivity index (χ1n) is 9.35. The standard InChI is InChI=1S/C22H21N5O2/c1-3-28-18-12-8-7-11-17(18)23-19-14-20(24-21-13-15(2)29-27-21)26-22(25-19)16-9-5-4-6-10-16/h4-14H,3H2,1-2H3,(H2,23,24,25,26,27). The van der Waals surface area contributed by atoms with E-state index in [1.54, 1.807) is 0 Å². The lowest BCUT2D eigenvalue weighted by atomic mass is 10.2. The van der Waals surface area contributed by atoms with Gasteiger partial charge in [-0.25, -0.2) is 9.97 Å². The van der Waals surface area contributed by atoms with Gasteiger partial charge in [0.25, 0.3) is 0 Å². The number of hydrogen-bond donors (Lipinski definition) is 2. The van der Waals surface area contributed by atoms with Crippen molar-refractivity contribution in [3.63, 3.8) is 0 Å². The van der Waals surface area contributed by atoms with Crippen LogP contribution in [0.2, 0.25) is 0 Å². The average Bonchev–Trinajstić information content (AvgIpc) is 3.15. The Balaban J connectivity index is 1.71. The van der Waals surface area contributed by atoms with Gasteiger partial charge in [-0.2, -0.15) is 0 Å². The molecular formula is C22H21N5O2. The molecular weight excluding hydrogens is 366 g/mol. The van der Waals surface area contributed by atoms with E-state index in [2.05, 4.69) is 25.8 Å². The van der Waals surface area contributed by atoms with Gasteiger partial charge in [0.1, 0.15) is 23.1 Å². The summed E-state index contributed by atoms with van der Waals surface area (Å²) in [5.74, 6) is 3.88. The first-order chi connectivity index (χ1) is 14.2. The molecule has 0 saturated heterocycles. The molecule has 7 nitrogen and oxygen atoms in total. The van der Waals surface area contributed by atoms with Gasteiger partial charge in [0.05, 0.1) is 12.3 Å². The highest BCUT2D eigenvalue weighted by Crippen LogP contribution is 2.29. The van der Waals surface area contributed by atoms with Crippen molar-refractivity contribution in [3.8, 4) is 17.1 Å². The predicted molar refractivity (Wildman–Crippen MR) is 113 cm³/mol.